The summed E-state index contributed by atoms with van der Waals surface area (Å²) in [5.41, 5.74) is 4.39. The number of hydrogen-bond acceptors (Lipinski definition) is 5. The molecule has 196 valence electrons. The predicted molar refractivity (Wildman–Crippen MR) is 146 cm³/mol. The van der Waals surface area contributed by atoms with E-state index in [1.165, 1.54) is 5.56 Å². The van der Waals surface area contributed by atoms with Gasteiger partial charge in [0.2, 0.25) is 5.91 Å². The van der Waals surface area contributed by atoms with E-state index in [0.717, 1.165) is 36.3 Å². The van der Waals surface area contributed by atoms with Crippen LogP contribution in [0.1, 0.15) is 28.4 Å². The van der Waals surface area contributed by atoms with Crippen molar-refractivity contribution in [1.82, 2.24) is 9.80 Å². The number of ether oxygens (including phenoxy) is 3. The van der Waals surface area contributed by atoms with Gasteiger partial charge in [-0.3, -0.25) is 9.69 Å². The minimum atomic E-state index is -0.0909. The Labute approximate surface area is 224 Å². The number of aryl methyl sites for hydroxylation is 1. The van der Waals surface area contributed by atoms with E-state index in [4.69, 9.17) is 25.8 Å². The van der Waals surface area contributed by atoms with E-state index >= 15 is 0 Å². The van der Waals surface area contributed by atoms with E-state index in [1.807, 2.05) is 47.4 Å². The molecule has 1 amide bonds. The molecular formula is C30H35ClN2O4. The number of halogens is 1. The lowest BCUT2D eigenvalue weighted by molar-refractivity contribution is -0.132. The van der Waals surface area contributed by atoms with Gasteiger partial charge < -0.3 is 19.1 Å². The molecule has 37 heavy (non-hydrogen) atoms. The molecule has 3 aromatic carbocycles. The highest BCUT2D eigenvalue weighted by atomic mass is 35.5. The van der Waals surface area contributed by atoms with Gasteiger partial charge in [-0.2, -0.15) is 0 Å². The van der Waals surface area contributed by atoms with Gasteiger partial charge >= 0.3 is 0 Å². The minimum absolute atomic E-state index is 0.0909. The fourth-order valence-electron chi connectivity index (χ4n) is 4.62. The van der Waals surface area contributed by atoms with Crippen molar-refractivity contribution in [3.8, 4) is 11.5 Å². The molecule has 0 aromatic heterocycles. The number of rotatable bonds is 10. The van der Waals surface area contributed by atoms with Crippen molar-refractivity contribution in [3.05, 3.63) is 94.0 Å². The maximum atomic E-state index is 13.0. The van der Waals surface area contributed by atoms with Crippen LogP contribution in [-0.4, -0.2) is 62.7 Å². The van der Waals surface area contributed by atoms with Crippen LogP contribution in [0, 0.1) is 6.92 Å². The Morgan fingerprint density at radius 1 is 0.892 bits per heavy atom. The van der Waals surface area contributed by atoms with Gasteiger partial charge in [-0.1, -0.05) is 59.6 Å². The predicted octanol–water partition coefficient (Wildman–Crippen LogP) is 5.31. The normalized spacial score (nSPS) is 14.9. The second-order valence-corrected chi connectivity index (χ2v) is 9.82. The molecule has 1 fully saturated rings. The zero-order chi connectivity index (χ0) is 26.2. The molecule has 1 saturated heterocycles. The number of piperazine rings is 1. The molecular weight excluding hydrogens is 488 g/mol. The summed E-state index contributed by atoms with van der Waals surface area (Å²) < 4.78 is 17.1. The van der Waals surface area contributed by atoms with Gasteiger partial charge in [-0.05, 0) is 47.9 Å². The highest BCUT2D eigenvalue weighted by Gasteiger charge is 2.24. The largest absolute Gasteiger partial charge is 0.493 e. The first-order valence-corrected chi connectivity index (χ1v) is 13.0. The van der Waals surface area contributed by atoms with Crippen LogP contribution in [0.25, 0.3) is 0 Å². The van der Waals surface area contributed by atoms with Crippen LogP contribution >= 0.6 is 11.6 Å². The Hall–Kier alpha value is -3.06. The zero-order valence-electron chi connectivity index (χ0n) is 21.8. The molecule has 6 nitrogen and oxygen atoms in total. The number of hydrogen-bond donors (Lipinski definition) is 0. The summed E-state index contributed by atoms with van der Waals surface area (Å²) in [5.74, 6) is 1.42. The van der Waals surface area contributed by atoms with E-state index in [1.54, 1.807) is 14.2 Å². The Balaban J connectivity index is 1.34. The summed E-state index contributed by atoms with van der Waals surface area (Å²) in [6.07, 6.45) is 0.250. The Morgan fingerprint density at radius 2 is 1.62 bits per heavy atom. The van der Waals surface area contributed by atoms with Gasteiger partial charge in [0, 0.05) is 37.7 Å². The van der Waals surface area contributed by atoms with Crippen molar-refractivity contribution < 1.29 is 19.0 Å². The van der Waals surface area contributed by atoms with Gasteiger partial charge in [0.25, 0.3) is 0 Å². The number of methoxy groups -OCH3 is 2. The molecule has 3 aromatic rings. The molecule has 1 aliphatic rings. The van der Waals surface area contributed by atoms with E-state index < -0.39 is 0 Å². The van der Waals surface area contributed by atoms with Gasteiger partial charge in [0.15, 0.2) is 11.5 Å². The number of carbonyl (C=O) groups is 1. The lowest BCUT2D eigenvalue weighted by atomic mass is 10.1. The first-order chi connectivity index (χ1) is 17.9. The molecule has 0 spiro atoms. The number of carbonyl (C=O) groups excluding carboxylic acids is 1. The topological polar surface area (TPSA) is 51.2 Å². The third-order valence-corrected chi connectivity index (χ3v) is 6.98. The quantitative estimate of drug-likeness (QED) is 0.361. The maximum absolute atomic E-state index is 13.0. The third kappa shape index (κ3) is 7.48. The van der Waals surface area contributed by atoms with Gasteiger partial charge in [-0.15, -0.1) is 0 Å². The van der Waals surface area contributed by atoms with Crippen LogP contribution < -0.4 is 9.47 Å². The highest BCUT2D eigenvalue weighted by Crippen LogP contribution is 2.28. The molecule has 1 atom stereocenters. The van der Waals surface area contributed by atoms with E-state index in [-0.39, 0.29) is 12.0 Å². The first kappa shape index (κ1) is 27.0. The average Bonchev–Trinajstić information content (AvgIpc) is 2.92. The van der Waals surface area contributed by atoms with E-state index in [2.05, 4.69) is 36.1 Å². The number of amides is 1. The fourth-order valence-corrected chi connectivity index (χ4v) is 4.75. The van der Waals surface area contributed by atoms with Gasteiger partial charge in [0.05, 0.1) is 33.4 Å². The smallest absolute Gasteiger partial charge is 0.227 e. The van der Waals surface area contributed by atoms with E-state index in [0.29, 0.717) is 42.6 Å². The van der Waals surface area contributed by atoms with Crippen molar-refractivity contribution in [2.75, 3.05) is 46.9 Å². The molecule has 1 unspecified atom stereocenters. The summed E-state index contributed by atoms with van der Waals surface area (Å²) in [6.45, 7) is 6.37. The molecule has 0 saturated carbocycles. The maximum Gasteiger partial charge on any atom is 0.227 e. The van der Waals surface area contributed by atoms with Crippen LogP contribution in [0.15, 0.2) is 66.7 Å². The summed E-state index contributed by atoms with van der Waals surface area (Å²) in [4.78, 5) is 17.3. The van der Waals surface area contributed by atoms with Gasteiger partial charge in [-0.25, -0.2) is 0 Å². The number of nitrogens with zero attached hydrogens (tertiary/aromatic N) is 2. The van der Waals surface area contributed by atoms with E-state index in [9.17, 15) is 4.79 Å². The summed E-state index contributed by atoms with van der Waals surface area (Å²) in [7, 11) is 3.21. The lowest BCUT2D eigenvalue weighted by Gasteiger charge is -2.36. The lowest BCUT2D eigenvalue weighted by Crippen LogP contribution is -2.50. The Bertz CT molecular complexity index is 1180. The van der Waals surface area contributed by atoms with Crippen molar-refractivity contribution in [1.29, 1.82) is 0 Å². The van der Waals surface area contributed by atoms with Crippen LogP contribution in [0.5, 0.6) is 11.5 Å². The Morgan fingerprint density at radius 3 is 2.30 bits per heavy atom. The molecule has 0 N–H and O–H groups in total. The summed E-state index contributed by atoms with van der Waals surface area (Å²) >= 11 is 6.13. The molecule has 0 aliphatic carbocycles. The SMILES string of the molecule is COc1ccc(CC(=O)N2CCN(CC(OCc3cccc(C)c3)c3ccc(Cl)cc3)CC2)cc1OC. The second-order valence-electron chi connectivity index (χ2n) is 9.39. The first-order valence-electron chi connectivity index (χ1n) is 12.6. The molecule has 7 heteroatoms. The highest BCUT2D eigenvalue weighted by molar-refractivity contribution is 6.30. The van der Waals surface area contributed by atoms with Crippen LogP contribution in [0.4, 0.5) is 0 Å². The van der Waals surface area contributed by atoms with Crippen LogP contribution in [0.2, 0.25) is 5.02 Å². The molecule has 1 heterocycles. The monoisotopic (exact) mass is 522 g/mol. The minimum Gasteiger partial charge on any atom is -0.493 e. The third-order valence-electron chi connectivity index (χ3n) is 6.73. The molecule has 0 radical (unpaired) electrons. The Kier molecular flexibility index (Phi) is 9.45. The van der Waals surface area contributed by atoms with Crippen molar-refractivity contribution >= 4 is 17.5 Å². The standard InChI is InChI=1S/C30H35ClN2O4/c1-22-5-4-6-24(17-22)21-37-29(25-8-10-26(31)11-9-25)20-32-13-15-33(16-14-32)30(34)19-23-7-12-27(35-2)28(18-23)36-3/h4-12,17-18,29H,13-16,19-21H2,1-3H3. The molecule has 1 aliphatic heterocycles. The van der Waals surface area contributed by atoms with Gasteiger partial charge in [0.1, 0.15) is 0 Å². The molecule has 0 bridgehead atoms. The van der Waals surface area contributed by atoms with Crippen molar-refractivity contribution in [3.63, 3.8) is 0 Å². The molecule has 4 rings (SSSR count). The summed E-state index contributed by atoms with van der Waals surface area (Å²) in [6, 6.07) is 21.9. The number of benzene rings is 3. The average molecular weight is 523 g/mol. The zero-order valence-corrected chi connectivity index (χ0v) is 22.5. The van der Waals surface area contributed by atoms with Crippen molar-refractivity contribution in [2.45, 2.75) is 26.1 Å². The van der Waals surface area contributed by atoms with Crippen molar-refractivity contribution in [2.24, 2.45) is 0 Å². The van der Waals surface area contributed by atoms with Crippen LogP contribution in [-0.2, 0) is 22.6 Å². The summed E-state index contributed by atoms with van der Waals surface area (Å²) in [5, 5.41) is 0.711. The fraction of sp³-hybridized carbons (Fsp3) is 0.367. The van der Waals surface area contributed by atoms with Crippen LogP contribution in [0.3, 0.4) is 0 Å². The second kappa shape index (κ2) is 13.0.